The number of nitrogens with one attached hydrogen (secondary N) is 1. The fraction of sp³-hybridized carbons (Fsp3) is 0.675. The van der Waals surface area contributed by atoms with E-state index in [2.05, 4.69) is 79.9 Å². The molecule has 282 valence electrons. The molecule has 0 aromatic heterocycles. The van der Waals surface area contributed by atoms with Crippen LogP contribution in [0, 0.1) is 0 Å². The molecule has 8 nitrogen and oxygen atoms in total. The summed E-state index contributed by atoms with van der Waals surface area (Å²) in [5.41, 5.74) is 5.35. The van der Waals surface area contributed by atoms with E-state index in [0.29, 0.717) is 6.42 Å². The van der Waals surface area contributed by atoms with Gasteiger partial charge in [-0.15, -0.1) is 0 Å². The molecule has 5 N–H and O–H groups in total. The molecule has 1 amide bonds. The number of nitrogens with two attached hydrogens (primary N) is 1. The third-order valence-corrected chi connectivity index (χ3v) is 8.73. The molecular weight excluding hydrogens is 635 g/mol. The Morgan fingerprint density at radius 2 is 1.20 bits per heavy atom. The standard InChI is InChI=1S/C40H71N2O6P/c1-3-5-7-9-11-13-15-17-19-21-23-25-27-29-31-33-39(43)38(37-48-49(45,46)47-36-35-41)42-40(44)34-32-30-28-26-24-22-20-18-16-14-12-10-8-6-4-2/h6,8,12,14-15,17-18,20,23,25,31,33,38-39,43H,3-5,7,9-11,13,16,19,21-22,24,26-30,32,34-37,41H2,1-2H3,(H,42,44)(H,45,46)/b8-6-,14-12-,17-15+,20-18-,25-23+,33-31+. The molecule has 0 aromatic carbocycles. The van der Waals surface area contributed by atoms with Crippen LogP contribution in [0.3, 0.4) is 0 Å². The number of phosphoric ester groups is 1. The van der Waals surface area contributed by atoms with Gasteiger partial charge in [0.05, 0.1) is 25.4 Å². The molecule has 9 heteroatoms. The normalized spacial score (nSPS) is 15.1. The van der Waals surface area contributed by atoms with Gasteiger partial charge in [0.2, 0.25) is 5.91 Å². The number of hydrogen-bond donors (Lipinski definition) is 4. The summed E-state index contributed by atoms with van der Waals surface area (Å²) in [6.07, 6.45) is 45.2. The lowest BCUT2D eigenvalue weighted by molar-refractivity contribution is -0.123. The number of aliphatic hydroxyl groups is 1. The Morgan fingerprint density at radius 3 is 1.82 bits per heavy atom. The predicted molar refractivity (Wildman–Crippen MR) is 207 cm³/mol. The van der Waals surface area contributed by atoms with E-state index in [0.717, 1.165) is 83.5 Å². The van der Waals surface area contributed by atoms with Crippen molar-refractivity contribution in [3.05, 3.63) is 72.9 Å². The average molecular weight is 707 g/mol. The van der Waals surface area contributed by atoms with Gasteiger partial charge in [-0.25, -0.2) is 4.57 Å². The van der Waals surface area contributed by atoms with Crippen LogP contribution in [0.2, 0.25) is 0 Å². The maximum atomic E-state index is 12.7. The number of allylic oxidation sites excluding steroid dienone is 11. The number of unbranched alkanes of at least 4 members (excludes halogenated alkanes) is 12. The molecule has 3 unspecified atom stereocenters. The fourth-order valence-electron chi connectivity index (χ4n) is 4.88. The Bertz CT molecular complexity index is 991. The highest BCUT2D eigenvalue weighted by atomic mass is 31.2. The first kappa shape index (κ1) is 46.9. The predicted octanol–water partition coefficient (Wildman–Crippen LogP) is 10.1. The minimum absolute atomic E-state index is 0.0650. The van der Waals surface area contributed by atoms with Crippen molar-refractivity contribution >= 4 is 13.7 Å². The molecule has 0 aliphatic heterocycles. The summed E-state index contributed by atoms with van der Waals surface area (Å²) in [5.74, 6) is -0.230. The van der Waals surface area contributed by atoms with Gasteiger partial charge < -0.3 is 21.1 Å². The summed E-state index contributed by atoms with van der Waals surface area (Å²) >= 11 is 0. The van der Waals surface area contributed by atoms with E-state index in [4.69, 9.17) is 14.8 Å². The van der Waals surface area contributed by atoms with Gasteiger partial charge in [0.1, 0.15) is 0 Å². The van der Waals surface area contributed by atoms with E-state index >= 15 is 0 Å². The second kappa shape index (κ2) is 35.8. The number of hydrogen-bond acceptors (Lipinski definition) is 6. The monoisotopic (exact) mass is 707 g/mol. The molecule has 0 bridgehead atoms. The molecule has 49 heavy (non-hydrogen) atoms. The number of aliphatic hydroxyl groups excluding tert-OH is 1. The highest BCUT2D eigenvalue weighted by Gasteiger charge is 2.26. The number of carbonyl (C=O) groups excluding carboxylic acids is 1. The first-order valence-electron chi connectivity index (χ1n) is 19.1. The third-order valence-electron chi connectivity index (χ3n) is 7.74. The molecular formula is C40H71N2O6P. The summed E-state index contributed by atoms with van der Waals surface area (Å²) < 4.78 is 22.0. The minimum atomic E-state index is -4.35. The SMILES string of the molecule is CC/C=C\C/C=C\C/C=C\CCCCCCCC(=O)NC(COP(=O)(O)OCCN)C(O)/C=C/CC/C=C/CC/C=C/CCCCCCC. The lowest BCUT2D eigenvalue weighted by Gasteiger charge is -2.23. The first-order chi connectivity index (χ1) is 23.9. The Labute approximate surface area is 299 Å². The van der Waals surface area contributed by atoms with Gasteiger partial charge in [0, 0.05) is 13.0 Å². The zero-order chi connectivity index (χ0) is 36.1. The third kappa shape index (κ3) is 34.2. The van der Waals surface area contributed by atoms with Gasteiger partial charge in [-0.05, 0) is 77.0 Å². The minimum Gasteiger partial charge on any atom is -0.387 e. The number of carbonyl (C=O) groups is 1. The van der Waals surface area contributed by atoms with Gasteiger partial charge in [-0.2, -0.15) is 0 Å². The van der Waals surface area contributed by atoms with Gasteiger partial charge in [-0.1, -0.05) is 132 Å². The lowest BCUT2D eigenvalue weighted by Crippen LogP contribution is -2.45. The van der Waals surface area contributed by atoms with Crippen molar-refractivity contribution in [2.24, 2.45) is 5.73 Å². The van der Waals surface area contributed by atoms with Crippen LogP contribution in [0.15, 0.2) is 72.9 Å². The number of amides is 1. The van der Waals surface area contributed by atoms with Gasteiger partial charge >= 0.3 is 7.82 Å². The number of rotatable bonds is 34. The summed E-state index contributed by atoms with van der Waals surface area (Å²) in [5, 5.41) is 13.6. The smallest absolute Gasteiger partial charge is 0.387 e. The van der Waals surface area contributed by atoms with E-state index in [9.17, 15) is 19.4 Å². The van der Waals surface area contributed by atoms with Gasteiger partial charge in [0.25, 0.3) is 0 Å². The molecule has 0 saturated carbocycles. The topological polar surface area (TPSA) is 131 Å². The van der Waals surface area contributed by atoms with Crippen molar-refractivity contribution < 1.29 is 28.4 Å². The van der Waals surface area contributed by atoms with Gasteiger partial charge in [0.15, 0.2) is 0 Å². The molecule has 0 rings (SSSR count). The molecule has 0 aliphatic carbocycles. The summed E-state index contributed by atoms with van der Waals surface area (Å²) in [4.78, 5) is 22.6. The molecule has 0 radical (unpaired) electrons. The lowest BCUT2D eigenvalue weighted by atomic mass is 10.1. The Balaban J connectivity index is 4.45. The van der Waals surface area contributed by atoms with Crippen molar-refractivity contribution in [2.75, 3.05) is 19.8 Å². The molecule has 0 saturated heterocycles. The fourth-order valence-corrected chi connectivity index (χ4v) is 5.64. The summed E-state index contributed by atoms with van der Waals surface area (Å²) in [6, 6.07) is -0.894. The van der Waals surface area contributed by atoms with E-state index < -0.39 is 20.0 Å². The van der Waals surface area contributed by atoms with Crippen LogP contribution in [0.25, 0.3) is 0 Å². The Hall–Kier alpha value is -2.06. The van der Waals surface area contributed by atoms with E-state index in [1.54, 1.807) is 6.08 Å². The first-order valence-corrected chi connectivity index (χ1v) is 20.6. The molecule has 0 fully saturated rings. The van der Waals surface area contributed by atoms with Crippen LogP contribution >= 0.6 is 7.82 Å². The van der Waals surface area contributed by atoms with Crippen molar-refractivity contribution in [1.29, 1.82) is 0 Å². The maximum absolute atomic E-state index is 12.7. The van der Waals surface area contributed by atoms with Crippen LogP contribution in [0.1, 0.15) is 142 Å². The zero-order valence-corrected chi connectivity index (χ0v) is 31.8. The zero-order valence-electron chi connectivity index (χ0n) is 30.9. The van der Waals surface area contributed by atoms with Crippen LogP contribution in [-0.4, -0.2) is 47.8 Å². The van der Waals surface area contributed by atoms with Gasteiger partial charge in [-0.3, -0.25) is 13.8 Å². The summed E-state index contributed by atoms with van der Waals surface area (Å²) in [7, 11) is -4.35. The molecule has 3 atom stereocenters. The Morgan fingerprint density at radius 1 is 0.694 bits per heavy atom. The maximum Gasteiger partial charge on any atom is 0.472 e. The molecule has 0 spiro atoms. The van der Waals surface area contributed by atoms with Crippen molar-refractivity contribution in [2.45, 2.75) is 154 Å². The van der Waals surface area contributed by atoms with Crippen molar-refractivity contribution in [3.8, 4) is 0 Å². The molecule has 0 aliphatic rings. The summed E-state index contributed by atoms with van der Waals surface area (Å²) in [6.45, 7) is 3.93. The van der Waals surface area contributed by atoms with Crippen LogP contribution in [0.4, 0.5) is 0 Å². The largest absolute Gasteiger partial charge is 0.472 e. The average Bonchev–Trinajstić information content (AvgIpc) is 3.09. The highest BCUT2D eigenvalue weighted by molar-refractivity contribution is 7.47. The van der Waals surface area contributed by atoms with Crippen LogP contribution < -0.4 is 11.1 Å². The second-order valence-electron chi connectivity index (χ2n) is 12.4. The van der Waals surface area contributed by atoms with E-state index in [1.807, 2.05) is 6.08 Å². The van der Waals surface area contributed by atoms with E-state index in [-0.39, 0.29) is 25.7 Å². The Kier molecular flexibility index (Phi) is 34.3. The quantitative estimate of drug-likeness (QED) is 0.0298. The molecule has 0 heterocycles. The highest BCUT2D eigenvalue weighted by Crippen LogP contribution is 2.43. The molecule has 0 aromatic rings. The van der Waals surface area contributed by atoms with Crippen molar-refractivity contribution in [3.63, 3.8) is 0 Å². The second-order valence-corrected chi connectivity index (χ2v) is 13.8. The van der Waals surface area contributed by atoms with E-state index in [1.165, 1.54) is 38.5 Å². The van der Waals surface area contributed by atoms with Crippen LogP contribution in [0.5, 0.6) is 0 Å². The van der Waals surface area contributed by atoms with Crippen molar-refractivity contribution in [1.82, 2.24) is 5.32 Å². The number of phosphoric acid groups is 1. The van der Waals surface area contributed by atoms with Crippen LogP contribution in [-0.2, 0) is 18.4 Å².